The first kappa shape index (κ1) is 10.7. The van der Waals surface area contributed by atoms with Crippen molar-refractivity contribution in [1.29, 1.82) is 0 Å². The Bertz CT molecular complexity index is 309. The molecule has 0 saturated heterocycles. The van der Waals surface area contributed by atoms with Crippen molar-refractivity contribution in [3.05, 3.63) is 17.5 Å². The summed E-state index contributed by atoms with van der Waals surface area (Å²) in [4.78, 5) is 11.0. The second-order valence-electron chi connectivity index (χ2n) is 3.05. The van der Waals surface area contributed by atoms with Crippen molar-refractivity contribution in [3.8, 4) is 0 Å². The number of esters is 1. The van der Waals surface area contributed by atoms with Gasteiger partial charge in [0.05, 0.1) is 12.8 Å². The van der Waals surface area contributed by atoms with Gasteiger partial charge in [0.1, 0.15) is 11.8 Å². The molecule has 1 unspecified atom stereocenters. The fourth-order valence-corrected chi connectivity index (χ4v) is 1.02. The van der Waals surface area contributed by atoms with E-state index < -0.39 is 0 Å². The van der Waals surface area contributed by atoms with Crippen LogP contribution in [-0.2, 0) is 16.1 Å². The molecule has 0 amide bonds. The molecule has 0 aromatic carbocycles. The Labute approximate surface area is 82.4 Å². The van der Waals surface area contributed by atoms with Gasteiger partial charge in [0.2, 0.25) is 0 Å². The van der Waals surface area contributed by atoms with Gasteiger partial charge in [0.15, 0.2) is 0 Å². The number of aryl methyl sites for hydroxylation is 1. The van der Waals surface area contributed by atoms with Crippen LogP contribution in [0.4, 0.5) is 0 Å². The highest BCUT2D eigenvalue weighted by Gasteiger charge is 2.12. The molecule has 1 aromatic rings. The summed E-state index contributed by atoms with van der Waals surface area (Å²) in [5, 5.41) is 6.75. The second kappa shape index (κ2) is 4.76. The number of carbonyl (C=O) groups is 1. The van der Waals surface area contributed by atoms with E-state index in [2.05, 4.69) is 15.2 Å². The lowest BCUT2D eigenvalue weighted by molar-refractivity contribution is -0.142. The Morgan fingerprint density at radius 1 is 1.79 bits per heavy atom. The number of nitrogens with zero attached hydrogens (tertiary/aromatic N) is 1. The van der Waals surface area contributed by atoms with E-state index in [0.717, 1.165) is 11.5 Å². The van der Waals surface area contributed by atoms with Gasteiger partial charge >= 0.3 is 5.97 Å². The Hall–Kier alpha value is -1.36. The van der Waals surface area contributed by atoms with Crippen molar-refractivity contribution in [2.24, 2.45) is 0 Å². The molecule has 1 rings (SSSR count). The summed E-state index contributed by atoms with van der Waals surface area (Å²) in [6.45, 7) is 4.05. The van der Waals surface area contributed by atoms with Gasteiger partial charge in [-0.25, -0.2) is 0 Å². The molecule has 1 aromatic heterocycles. The summed E-state index contributed by atoms with van der Waals surface area (Å²) < 4.78 is 9.44. The van der Waals surface area contributed by atoms with Crippen LogP contribution in [0, 0.1) is 6.92 Å². The standard InChI is InChI=1S/C9H14N2O3/c1-6-4-8(11-14-6)5-10-7(2)9(12)13-3/h4,7,10H,5H2,1-3H3. The highest BCUT2D eigenvalue weighted by Crippen LogP contribution is 2.01. The molecule has 0 aliphatic heterocycles. The molecule has 0 fully saturated rings. The average Bonchev–Trinajstić information content (AvgIpc) is 2.59. The average molecular weight is 198 g/mol. The number of rotatable bonds is 4. The largest absolute Gasteiger partial charge is 0.468 e. The van der Waals surface area contributed by atoms with Crippen molar-refractivity contribution in [3.63, 3.8) is 0 Å². The van der Waals surface area contributed by atoms with E-state index in [1.54, 1.807) is 6.92 Å². The van der Waals surface area contributed by atoms with Crippen molar-refractivity contribution in [2.75, 3.05) is 7.11 Å². The van der Waals surface area contributed by atoms with E-state index >= 15 is 0 Å². The molecule has 1 N–H and O–H groups in total. The molecule has 0 radical (unpaired) electrons. The lowest BCUT2D eigenvalue weighted by Gasteiger charge is -2.09. The maximum Gasteiger partial charge on any atom is 0.322 e. The van der Waals surface area contributed by atoms with Gasteiger partial charge in [0, 0.05) is 12.6 Å². The van der Waals surface area contributed by atoms with Crippen LogP contribution in [0.3, 0.4) is 0 Å². The number of nitrogens with one attached hydrogen (secondary N) is 1. The molecular weight excluding hydrogens is 184 g/mol. The zero-order valence-corrected chi connectivity index (χ0v) is 8.53. The quantitative estimate of drug-likeness (QED) is 0.719. The van der Waals surface area contributed by atoms with E-state index in [-0.39, 0.29) is 12.0 Å². The minimum atomic E-state index is -0.336. The van der Waals surface area contributed by atoms with Crippen LogP contribution in [-0.4, -0.2) is 24.3 Å². The van der Waals surface area contributed by atoms with E-state index in [1.165, 1.54) is 7.11 Å². The Balaban J connectivity index is 2.37. The van der Waals surface area contributed by atoms with Gasteiger partial charge < -0.3 is 9.26 Å². The minimum Gasteiger partial charge on any atom is -0.468 e. The second-order valence-corrected chi connectivity index (χ2v) is 3.05. The van der Waals surface area contributed by atoms with Crippen LogP contribution in [0.2, 0.25) is 0 Å². The van der Waals surface area contributed by atoms with E-state index in [9.17, 15) is 4.79 Å². The van der Waals surface area contributed by atoms with E-state index in [4.69, 9.17) is 4.52 Å². The summed E-state index contributed by atoms with van der Waals surface area (Å²) >= 11 is 0. The minimum absolute atomic E-state index is 0.287. The summed E-state index contributed by atoms with van der Waals surface area (Å²) in [6.07, 6.45) is 0. The number of hydrogen-bond donors (Lipinski definition) is 1. The summed E-state index contributed by atoms with van der Waals surface area (Å²) in [5.41, 5.74) is 0.776. The smallest absolute Gasteiger partial charge is 0.322 e. The number of ether oxygens (including phenoxy) is 1. The first-order valence-electron chi connectivity index (χ1n) is 4.37. The Morgan fingerprint density at radius 3 is 3.00 bits per heavy atom. The van der Waals surface area contributed by atoms with Gasteiger partial charge in [-0.05, 0) is 13.8 Å². The molecule has 0 bridgehead atoms. The van der Waals surface area contributed by atoms with Gasteiger partial charge in [-0.1, -0.05) is 5.16 Å². The van der Waals surface area contributed by atoms with Crippen LogP contribution in [0.5, 0.6) is 0 Å². The van der Waals surface area contributed by atoms with Crippen molar-refractivity contribution in [1.82, 2.24) is 10.5 Å². The highest BCUT2D eigenvalue weighted by atomic mass is 16.5. The molecule has 0 saturated carbocycles. The van der Waals surface area contributed by atoms with Gasteiger partial charge in [0.25, 0.3) is 0 Å². The van der Waals surface area contributed by atoms with Gasteiger partial charge in [-0.3, -0.25) is 10.1 Å². The van der Waals surface area contributed by atoms with Crippen molar-refractivity contribution in [2.45, 2.75) is 26.4 Å². The Kier molecular flexibility index (Phi) is 3.64. The van der Waals surface area contributed by atoms with Crippen LogP contribution < -0.4 is 5.32 Å². The van der Waals surface area contributed by atoms with Crippen molar-refractivity contribution < 1.29 is 14.1 Å². The molecule has 1 atom stereocenters. The van der Waals surface area contributed by atoms with Gasteiger partial charge in [-0.15, -0.1) is 0 Å². The lowest BCUT2D eigenvalue weighted by atomic mass is 10.3. The predicted molar refractivity (Wildman–Crippen MR) is 49.6 cm³/mol. The van der Waals surface area contributed by atoms with E-state index in [0.29, 0.717) is 6.54 Å². The summed E-state index contributed by atoms with van der Waals surface area (Å²) in [6, 6.07) is 1.48. The van der Waals surface area contributed by atoms with Crippen LogP contribution >= 0.6 is 0 Å². The Morgan fingerprint density at radius 2 is 2.50 bits per heavy atom. The maximum absolute atomic E-state index is 11.0. The first-order valence-corrected chi connectivity index (χ1v) is 4.37. The fraction of sp³-hybridized carbons (Fsp3) is 0.556. The third-order valence-corrected chi connectivity index (χ3v) is 1.82. The highest BCUT2D eigenvalue weighted by molar-refractivity contribution is 5.74. The lowest BCUT2D eigenvalue weighted by Crippen LogP contribution is -2.34. The van der Waals surface area contributed by atoms with Crippen molar-refractivity contribution >= 4 is 5.97 Å². The fourth-order valence-electron chi connectivity index (χ4n) is 1.02. The van der Waals surface area contributed by atoms with Gasteiger partial charge in [-0.2, -0.15) is 0 Å². The van der Waals surface area contributed by atoms with Crippen LogP contribution in [0.15, 0.2) is 10.6 Å². The number of methoxy groups -OCH3 is 1. The number of aromatic nitrogens is 1. The molecule has 5 nitrogen and oxygen atoms in total. The third-order valence-electron chi connectivity index (χ3n) is 1.82. The molecule has 0 aliphatic carbocycles. The molecule has 78 valence electrons. The molecule has 0 aliphatic rings. The normalized spacial score (nSPS) is 12.5. The molecule has 0 spiro atoms. The van der Waals surface area contributed by atoms with Crippen LogP contribution in [0.25, 0.3) is 0 Å². The van der Waals surface area contributed by atoms with Crippen LogP contribution in [0.1, 0.15) is 18.4 Å². The maximum atomic E-state index is 11.0. The zero-order chi connectivity index (χ0) is 10.6. The first-order chi connectivity index (χ1) is 6.63. The number of hydrogen-bond acceptors (Lipinski definition) is 5. The third kappa shape index (κ3) is 2.85. The molecule has 1 heterocycles. The number of carbonyl (C=O) groups excluding carboxylic acids is 1. The topological polar surface area (TPSA) is 64.4 Å². The summed E-state index contributed by atoms with van der Waals surface area (Å²) in [7, 11) is 1.36. The zero-order valence-electron chi connectivity index (χ0n) is 8.53. The molecule has 14 heavy (non-hydrogen) atoms. The molecule has 5 heteroatoms. The molecular formula is C9H14N2O3. The monoisotopic (exact) mass is 198 g/mol. The predicted octanol–water partition coefficient (Wildman–Crippen LogP) is 0.634. The SMILES string of the molecule is COC(=O)C(C)NCc1cc(C)on1. The van der Waals surface area contributed by atoms with E-state index in [1.807, 2.05) is 13.0 Å². The summed E-state index contributed by atoms with van der Waals surface area (Å²) in [5.74, 6) is 0.470.